The number of rotatable bonds is 0. The Hall–Kier alpha value is -0.390. The van der Waals surface area contributed by atoms with Gasteiger partial charge in [0.1, 0.15) is 0 Å². The van der Waals surface area contributed by atoms with Crippen LogP contribution in [0.5, 0.6) is 0 Å². The summed E-state index contributed by atoms with van der Waals surface area (Å²) in [5.41, 5.74) is 2.33. The van der Waals surface area contributed by atoms with Crippen LogP contribution in [0.3, 0.4) is 0 Å². The molecular weight excluding hydrogens is 138 g/mol. The quantitative estimate of drug-likeness (QED) is 0.219. The second kappa shape index (κ2) is 2.47. The molecule has 1 aliphatic rings. The molecule has 0 saturated carbocycles. The summed E-state index contributed by atoms with van der Waals surface area (Å²) in [7, 11) is 0. The third-order valence-electron chi connectivity index (χ3n) is 1.27. The maximum Gasteiger partial charge on any atom is 0.183 e. The van der Waals surface area contributed by atoms with Gasteiger partial charge in [0.15, 0.2) is 5.11 Å². The van der Waals surface area contributed by atoms with Gasteiger partial charge in [0.2, 0.25) is 0 Å². The molecule has 0 amide bonds. The minimum Gasteiger partial charge on any atom is -0.389 e. The van der Waals surface area contributed by atoms with Crippen molar-refractivity contribution in [2.45, 2.75) is 6.10 Å². The smallest absolute Gasteiger partial charge is 0.183 e. The number of nitrogens with one attached hydrogen (secondary N) is 1. The highest BCUT2D eigenvalue weighted by molar-refractivity contribution is 7.80. The molecule has 1 aliphatic heterocycles. The lowest BCUT2D eigenvalue weighted by atomic mass is 10.2. The van der Waals surface area contributed by atoms with Crippen molar-refractivity contribution in [1.29, 1.82) is 0 Å². The third-order valence-corrected chi connectivity index (χ3v) is 1.65. The van der Waals surface area contributed by atoms with E-state index in [4.69, 9.17) is 23.2 Å². The first kappa shape index (κ1) is 6.73. The molecule has 9 heavy (non-hydrogen) atoms. The predicted octanol–water partition coefficient (Wildman–Crippen LogP) is -1.59. The van der Waals surface area contributed by atoms with Crippen molar-refractivity contribution >= 4 is 17.3 Å². The third kappa shape index (κ3) is 1.29. The Morgan fingerprint density at radius 3 is 2.67 bits per heavy atom. The normalized spacial score (nSPS) is 19.1. The van der Waals surface area contributed by atoms with E-state index < -0.39 is 0 Å². The molecule has 0 unspecified atom stereocenters. The van der Waals surface area contributed by atoms with Crippen LogP contribution in [0.15, 0.2) is 0 Å². The zero-order valence-corrected chi connectivity index (χ0v) is 5.69. The summed E-state index contributed by atoms with van der Waals surface area (Å²) in [5.74, 6) is 5.01. The highest BCUT2D eigenvalue weighted by Crippen LogP contribution is 2.05. The fraction of sp³-hybridized carbons (Fsp3) is 0.750. The minimum atomic E-state index is -0.226. The summed E-state index contributed by atoms with van der Waals surface area (Å²) in [4.78, 5) is 1.79. The molecular formula is C4H9N3OS. The van der Waals surface area contributed by atoms with Crippen LogP contribution in [0.2, 0.25) is 0 Å². The van der Waals surface area contributed by atoms with E-state index >= 15 is 0 Å². The van der Waals surface area contributed by atoms with Gasteiger partial charge in [-0.2, -0.15) is 0 Å². The van der Waals surface area contributed by atoms with Gasteiger partial charge < -0.3 is 15.4 Å². The zero-order valence-electron chi connectivity index (χ0n) is 4.87. The Morgan fingerprint density at radius 1 is 1.78 bits per heavy atom. The van der Waals surface area contributed by atoms with Crippen molar-refractivity contribution in [3.8, 4) is 0 Å². The number of nitrogens with two attached hydrogens (primary N) is 1. The van der Waals surface area contributed by atoms with E-state index in [2.05, 4.69) is 5.43 Å². The van der Waals surface area contributed by atoms with Crippen molar-refractivity contribution in [1.82, 2.24) is 10.3 Å². The summed E-state index contributed by atoms with van der Waals surface area (Å²) in [6, 6.07) is 0. The summed E-state index contributed by atoms with van der Waals surface area (Å²) < 4.78 is 0. The molecule has 1 heterocycles. The van der Waals surface area contributed by atoms with Crippen LogP contribution in [-0.4, -0.2) is 34.3 Å². The van der Waals surface area contributed by atoms with E-state index in [9.17, 15) is 0 Å². The SMILES string of the molecule is NNC(=S)N1CC(O)C1. The van der Waals surface area contributed by atoms with Crippen molar-refractivity contribution in [2.75, 3.05) is 13.1 Å². The van der Waals surface area contributed by atoms with E-state index in [1.807, 2.05) is 0 Å². The summed E-state index contributed by atoms with van der Waals surface area (Å²) in [5, 5.41) is 9.29. The first-order chi connectivity index (χ1) is 4.24. The molecule has 0 bridgehead atoms. The van der Waals surface area contributed by atoms with Gasteiger partial charge in [-0.1, -0.05) is 0 Å². The van der Waals surface area contributed by atoms with Gasteiger partial charge >= 0.3 is 0 Å². The van der Waals surface area contributed by atoms with E-state index in [0.29, 0.717) is 18.2 Å². The summed E-state index contributed by atoms with van der Waals surface area (Å²) in [6.07, 6.45) is -0.226. The Balaban J connectivity index is 2.23. The Morgan fingerprint density at radius 2 is 2.33 bits per heavy atom. The molecule has 0 aromatic heterocycles. The van der Waals surface area contributed by atoms with Gasteiger partial charge in [-0.05, 0) is 12.2 Å². The van der Waals surface area contributed by atoms with Gasteiger partial charge in [-0.3, -0.25) is 0 Å². The number of β-amino-alcohol motifs (C(OH)–C–C–N with tert-alkyl or cyclic N) is 1. The second-order valence-corrected chi connectivity index (χ2v) is 2.39. The number of hydrazine groups is 1. The van der Waals surface area contributed by atoms with Crippen LogP contribution in [-0.2, 0) is 0 Å². The van der Waals surface area contributed by atoms with E-state index in [0.717, 1.165) is 0 Å². The van der Waals surface area contributed by atoms with Crippen LogP contribution in [0.25, 0.3) is 0 Å². The van der Waals surface area contributed by atoms with E-state index in [1.54, 1.807) is 4.90 Å². The highest BCUT2D eigenvalue weighted by Gasteiger charge is 2.25. The van der Waals surface area contributed by atoms with Crippen molar-refractivity contribution in [3.05, 3.63) is 0 Å². The molecule has 5 heteroatoms. The van der Waals surface area contributed by atoms with Gasteiger partial charge in [0.25, 0.3) is 0 Å². The van der Waals surface area contributed by atoms with Gasteiger partial charge in [-0.25, -0.2) is 5.84 Å². The van der Waals surface area contributed by atoms with Crippen LogP contribution < -0.4 is 11.3 Å². The maximum atomic E-state index is 8.79. The lowest BCUT2D eigenvalue weighted by molar-refractivity contribution is 0.0462. The Labute approximate surface area is 58.6 Å². The number of aliphatic hydroxyl groups is 1. The van der Waals surface area contributed by atoms with E-state index in [1.165, 1.54) is 0 Å². The summed E-state index contributed by atoms with van der Waals surface area (Å²) >= 11 is 4.76. The Kier molecular flexibility index (Phi) is 1.84. The highest BCUT2D eigenvalue weighted by atomic mass is 32.1. The number of nitrogens with zero attached hydrogens (tertiary/aromatic N) is 1. The van der Waals surface area contributed by atoms with Crippen LogP contribution in [0.4, 0.5) is 0 Å². The average molecular weight is 147 g/mol. The van der Waals surface area contributed by atoms with Crippen LogP contribution >= 0.6 is 12.2 Å². The number of thiocarbonyl (C=S) groups is 1. The fourth-order valence-electron chi connectivity index (χ4n) is 0.712. The van der Waals surface area contributed by atoms with E-state index in [-0.39, 0.29) is 6.10 Å². The molecule has 52 valence electrons. The van der Waals surface area contributed by atoms with Crippen LogP contribution in [0, 0.1) is 0 Å². The van der Waals surface area contributed by atoms with Gasteiger partial charge in [0, 0.05) is 13.1 Å². The molecule has 0 radical (unpaired) electrons. The lowest BCUT2D eigenvalue weighted by Crippen LogP contribution is -2.57. The first-order valence-corrected chi connectivity index (χ1v) is 3.08. The number of aliphatic hydroxyl groups excluding tert-OH is 1. The monoisotopic (exact) mass is 147 g/mol. The molecule has 1 saturated heterocycles. The average Bonchev–Trinajstić information content (AvgIpc) is 1.79. The molecule has 0 aromatic carbocycles. The van der Waals surface area contributed by atoms with Gasteiger partial charge in [-0.15, -0.1) is 0 Å². The second-order valence-electron chi connectivity index (χ2n) is 2.01. The standard InChI is InChI=1S/C4H9N3OS/c5-6-4(9)7-1-3(8)2-7/h3,8H,1-2,5H2,(H,6,9). The fourth-order valence-corrected chi connectivity index (χ4v) is 0.861. The maximum absolute atomic E-state index is 8.79. The molecule has 0 aliphatic carbocycles. The zero-order chi connectivity index (χ0) is 6.85. The number of hydrogen-bond donors (Lipinski definition) is 3. The topological polar surface area (TPSA) is 61.5 Å². The lowest BCUT2D eigenvalue weighted by Gasteiger charge is -2.37. The first-order valence-electron chi connectivity index (χ1n) is 2.67. The molecule has 0 atom stereocenters. The molecule has 1 fully saturated rings. The molecule has 0 spiro atoms. The number of hydrogen-bond acceptors (Lipinski definition) is 3. The molecule has 0 aromatic rings. The largest absolute Gasteiger partial charge is 0.389 e. The number of likely N-dealkylation sites (tertiary alicyclic amines) is 1. The predicted molar refractivity (Wildman–Crippen MR) is 37.5 cm³/mol. The molecule has 4 N–H and O–H groups in total. The van der Waals surface area contributed by atoms with Crippen LogP contribution in [0.1, 0.15) is 0 Å². The summed E-state index contributed by atoms with van der Waals surface area (Å²) in [6.45, 7) is 1.20. The van der Waals surface area contributed by atoms with Crippen molar-refractivity contribution in [3.63, 3.8) is 0 Å². The molecule has 4 nitrogen and oxygen atoms in total. The van der Waals surface area contributed by atoms with Gasteiger partial charge in [0.05, 0.1) is 6.10 Å². The Bertz CT molecular complexity index is 123. The minimum absolute atomic E-state index is 0.226. The van der Waals surface area contributed by atoms with Crippen molar-refractivity contribution < 1.29 is 5.11 Å². The molecule has 1 rings (SSSR count). The van der Waals surface area contributed by atoms with Crippen molar-refractivity contribution in [2.24, 2.45) is 5.84 Å².